The number of hydrogen-bond donors (Lipinski definition) is 0. The van der Waals surface area contributed by atoms with E-state index in [4.69, 9.17) is 0 Å². The molecule has 0 aliphatic rings. The van der Waals surface area contributed by atoms with Gasteiger partial charge in [0, 0.05) is 11.1 Å². The van der Waals surface area contributed by atoms with Crippen LogP contribution in [0.1, 0.15) is 0 Å². The normalized spacial score (nSPS) is 10.6. The van der Waals surface area contributed by atoms with Crippen molar-refractivity contribution >= 4 is 0 Å². The Morgan fingerprint density at radius 1 is 0.600 bits per heavy atom. The minimum absolute atomic E-state index is 0.501. The highest BCUT2D eigenvalue weighted by molar-refractivity contribution is 5.89. The molecule has 0 aliphatic carbocycles. The molecule has 0 unspecified atom stereocenters. The summed E-state index contributed by atoms with van der Waals surface area (Å²) in [5.74, 6) is 0. The number of nitrogens with zero attached hydrogens (tertiary/aromatic N) is 3. The monoisotopic (exact) mass is 325 g/mol. The maximum absolute atomic E-state index is 12.5. The van der Waals surface area contributed by atoms with E-state index in [1.54, 1.807) is 0 Å². The van der Waals surface area contributed by atoms with Gasteiger partial charge in [-0.05, 0) is 5.56 Å². The van der Waals surface area contributed by atoms with Crippen molar-refractivity contribution in [1.82, 2.24) is 10.3 Å². The molecule has 0 radical (unpaired) electrons. The zero-order chi connectivity index (χ0) is 17.1. The highest BCUT2D eigenvalue weighted by Crippen LogP contribution is 2.35. The Hall–Kier alpha value is -3.53. The number of benzene rings is 3. The topological polar surface area (TPSA) is 52.7 Å². The average Bonchev–Trinajstić information content (AvgIpc) is 2.70. The van der Waals surface area contributed by atoms with Gasteiger partial charge in [-0.25, -0.2) is 0 Å². The molecule has 0 bridgehead atoms. The molecule has 0 N–H and O–H groups in total. The predicted molar refractivity (Wildman–Crippen MR) is 97.3 cm³/mol. The maximum Gasteiger partial charge on any atom is 0.222 e. The molecule has 4 nitrogen and oxygen atoms in total. The van der Waals surface area contributed by atoms with E-state index < -0.39 is 0 Å². The molecule has 25 heavy (non-hydrogen) atoms. The maximum atomic E-state index is 12.5. The summed E-state index contributed by atoms with van der Waals surface area (Å²) in [5, 5.41) is 20.6. The number of rotatable bonds is 3. The predicted octanol–water partition coefficient (Wildman–Crippen LogP) is 4.11. The molecule has 3 aromatic carbocycles. The minimum atomic E-state index is 0.501. The van der Waals surface area contributed by atoms with Crippen molar-refractivity contribution in [2.24, 2.45) is 0 Å². The van der Waals surface area contributed by atoms with Crippen molar-refractivity contribution in [2.45, 2.75) is 0 Å². The first-order valence-electron chi connectivity index (χ1n) is 8.01. The van der Waals surface area contributed by atoms with Crippen molar-refractivity contribution in [3.63, 3.8) is 0 Å². The second-order valence-electron chi connectivity index (χ2n) is 5.63. The smallest absolute Gasteiger partial charge is 0.222 e. The molecule has 0 atom stereocenters. The molecule has 0 saturated heterocycles. The SMILES string of the molecule is [O-][n+]1nnc(-c2ccccc2)c(-c2ccccc2)c1-c1ccccc1. The Morgan fingerprint density at radius 3 is 1.64 bits per heavy atom. The van der Waals surface area contributed by atoms with Crippen LogP contribution in [-0.4, -0.2) is 10.3 Å². The molecule has 4 heteroatoms. The van der Waals surface area contributed by atoms with Gasteiger partial charge < -0.3 is 5.21 Å². The standard InChI is InChI=1S/C21H15N3O/c25-24-21(18-14-8-3-9-15-18)19(16-10-4-1-5-11-16)20(22-23-24)17-12-6-2-7-13-17/h1-15H. The Morgan fingerprint density at radius 2 is 1.08 bits per heavy atom. The molecule has 1 heterocycles. The highest BCUT2D eigenvalue weighted by atomic mass is 16.5. The second kappa shape index (κ2) is 6.53. The summed E-state index contributed by atoms with van der Waals surface area (Å²) in [6.07, 6.45) is 0. The first-order valence-corrected chi connectivity index (χ1v) is 8.01. The van der Waals surface area contributed by atoms with Gasteiger partial charge in [-0.1, -0.05) is 91.0 Å². The van der Waals surface area contributed by atoms with Crippen LogP contribution in [0.5, 0.6) is 0 Å². The van der Waals surface area contributed by atoms with Crippen molar-refractivity contribution < 1.29 is 4.85 Å². The Balaban J connectivity index is 2.08. The van der Waals surface area contributed by atoms with Gasteiger partial charge >= 0.3 is 0 Å². The fourth-order valence-electron chi connectivity index (χ4n) is 2.92. The Labute approximate surface area is 145 Å². The fourth-order valence-corrected chi connectivity index (χ4v) is 2.92. The van der Waals surface area contributed by atoms with Crippen LogP contribution >= 0.6 is 0 Å². The van der Waals surface area contributed by atoms with Gasteiger partial charge in [-0.15, -0.1) is 4.85 Å². The summed E-state index contributed by atoms with van der Waals surface area (Å²) in [6, 6.07) is 29.2. The molecular formula is C21H15N3O. The third-order valence-corrected chi connectivity index (χ3v) is 4.05. The van der Waals surface area contributed by atoms with Crippen molar-refractivity contribution in [1.29, 1.82) is 0 Å². The summed E-state index contributed by atoms with van der Waals surface area (Å²) in [7, 11) is 0. The Kier molecular flexibility index (Phi) is 3.92. The number of hydrogen-bond acceptors (Lipinski definition) is 3. The summed E-state index contributed by atoms with van der Waals surface area (Å²) in [4.78, 5) is 0.601. The third kappa shape index (κ3) is 2.85. The molecule has 4 rings (SSSR count). The molecule has 0 spiro atoms. The zero-order valence-electron chi connectivity index (χ0n) is 13.4. The van der Waals surface area contributed by atoms with Gasteiger partial charge in [0.15, 0.2) is 5.69 Å². The van der Waals surface area contributed by atoms with Gasteiger partial charge in [0.2, 0.25) is 5.69 Å². The quantitative estimate of drug-likeness (QED) is 0.421. The van der Waals surface area contributed by atoms with Gasteiger partial charge in [0.05, 0.1) is 10.7 Å². The lowest BCUT2D eigenvalue weighted by molar-refractivity contribution is -0.663. The molecule has 0 amide bonds. The first kappa shape index (κ1) is 15.0. The van der Waals surface area contributed by atoms with Crippen LogP contribution in [0.4, 0.5) is 0 Å². The van der Waals surface area contributed by atoms with E-state index in [0.29, 0.717) is 16.2 Å². The second-order valence-corrected chi connectivity index (χ2v) is 5.63. The molecule has 4 aromatic rings. The lowest BCUT2D eigenvalue weighted by Gasteiger charge is -2.13. The van der Waals surface area contributed by atoms with E-state index in [1.807, 2.05) is 91.0 Å². The fraction of sp³-hybridized carbons (Fsp3) is 0. The molecule has 0 fully saturated rings. The van der Waals surface area contributed by atoms with Crippen LogP contribution in [0.2, 0.25) is 0 Å². The van der Waals surface area contributed by atoms with E-state index in [1.165, 1.54) is 0 Å². The van der Waals surface area contributed by atoms with E-state index in [2.05, 4.69) is 10.3 Å². The van der Waals surface area contributed by atoms with E-state index in [0.717, 1.165) is 22.3 Å². The van der Waals surface area contributed by atoms with Crippen LogP contribution in [0.15, 0.2) is 91.0 Å². The van der Waals surface area contributed by atoms with E-state index >= 15 is 0 Å². The van der Waals surface area contributed by atoms with Crippen LogP contribution in [0.25, 0.3) is 33.6 Å². The summed E-state index contributed by atoms with van der Waals surface area (Å²) in [6.45, 7) is 0. The Bertz CT molecular complexity index is 988. The van der Waals surface area contributed by atoms with E-state index in [9.17, 15) is 5.21 Å². The van der Waals surface area contributed by atoms with Crippen LogP contribution in [0.3, 0.4) is 0 Å². The van der Waals surface area contributed by atoms with Crippen LogP contribution in [0, 0.1) is 5.21 Å². The zero-order valence-corrected chi connectivity index (χ0v) is 13.4. The molecule has 0 saturated carbocycles. The highest BCUT2D eigenvalue weighted by Gasteiger charge is 2.24. The van der Waals surface area contributed by atoms with Crippen molar-refractivity contribution in [2.75, 3.05) is 0 Å². The summed E-state index contributed by atoms with van der Waals surface area (Å²) < 4.78 is 0. The summed E-state index contributed by atoms with van der Waals surface area (Å²) >= 11 is 0. The number of aromatic nitrogens is 3. The third-order valence-electron chi connectivity index (χ3n) is 4.05. The molecule has 0 aliphatic heterocycles. The van der Waals surface area contributed by atoms with Crippen molar-refractivity contribution in [3.05, 3.63) is 96.2 Å². The molecule has 1 aromatic heterocycles. The lowest BCUT2D eigenvalue weighted by atomic mass is 9.95. The van der Waals surface area contributed by atoms with Gasteiger partial charge in [0.1, 0.15) is 5.21 Å². The van der Waals surface area contributed by atoms with Gasteiger partial charge in [-0.2, -0.15) is 0 Å². The van der Waals surface area contributed by atoms with Gasteiger partial charge in [-0.3, -0.25) is 0 Å². The minimum Gasteiger partial charge on any atom is -0.691 e. The van der Waals surface area contributed by atoms with Crippen molar-refractivity contribution in [3.8, 4) is 33.6 Å². The molecular weight excluding hydrogens is 310 g/mol. The van der Waals surface area contributed by atoms with Crippen LogP contribution in [-0.2, 0) is 0 Å². The average molecular weight is 325 g/mol. The van der Waals surface area contributed by atoms with E-state index in [-0.39, 0.29) is 0 Å². The molecule has 120 valence electrons. The van der Waals surface area contributed by atoms with Gasteiger partial charge in [0.25, 0.3) is 0 Å². The lowest BCUT2D eigenvalue weighted by Crippen LogP contribution is -2.36. The van der Waals surface area contributed by atoms with Crippen LogP contribution < -0.4 is 4.85 Å². The first-order chi connectivity index (χ1) is 12.3. The summed E-state index contributed by atoms with van der Waals surface area (Å²) in [5.41, 5.74) is 4.64. The largest absolute Gasteiger partial charge is 0.691 e.